The summed E-state index contributed by atoms with van der Waals surface area (Å²) in [7, 11) is 0. The number of aryl methyl sites for hydroxylation is 3. The van der Waals surface area contributed by atoms with Crippen molar-refractivity contribution >= 4 is 24.8 Å². The van der Waals surface area contributed by atoms with Crippen LogP contribution >= 0.6 is 0 Å². The number of benzene rings is 2. The summed E-state index contributed by atoms with van der Waals surface area (Å²) in [6, 6.07) is 16.7. The molecule has 8 nitrogen and oxygen atoms in total. The monoisotopic (exact) mass is 631 g/mol. The molecule has 0 saturated carbocycles. The van der Waals surface area contributed by atoms with Crippen LogP contribution in [0.3, 0.4) is 0 Å². The molecule has 1 N–H and O–H groups in total. The zero-order valence-electron chi connectivity index (χ0n) is 29.8. The minimum atomic E-state index is -0.781. The van der Waals surface area contributed by atoms with Crippen molar-refractivity contribution in [1.29, 1.82) is 0 Å². The number of rotatable bonds is 12. The van der Waals surface area contributed by atoms with E-state index in [2.05, 4.69) is 63.5 Å². The lowest BCUT2D eigenvalue weighted by atomic mass is 9.88. The van der Waals surface area contributed by atoms with Gasteiger partial charge in [-0.15, -0.1) is 13.2 Å². The Morgan fingerprint density at radius 3 is 1.31 bits per heavy atom. The predicted octanol–water partition coefficient (Wildman–Crippen LogP) is 8.48. The standard InChI is InChI=1S/C20H29NO6.C10H14.2C2H6.C2H4.CH2O/c1-5-17-8-7-9-18(10-17)11-21-19(24)27-14-20(6-2,12-25-15(3)22)13-26-16(4)23;1-3-9-6-5-7-10(4-2)8-9;4*1-2/h7-10H,5-6,11-14H2,1-4H3,(H,21,24);5-8H,3-4H2,1-2H3;2*1-2H3;1-2H2;1H2. The van der Waals surface area contributed by atoms with Crippen LogP contribution in [0, 0.1) is 5.41 Å². The quantitative estimate of drug-likeness (QED) is 0.142. The van der Waals surface area contributed by atoms with Crippen LogP contribution in [-0.2, 0) is 54.4 Å². The fourth-order valence-electron chi connectivity index (χ4n) is 3.41. The number of nitrogens with one attached hydrogen (secondary N) is 1. The van der Waals surface area contributed by atoms with Gasteiger partial charge in [0, 0.05) is 20.4 Å². The van der Waals surface area contributed by atoms with Gasteiger partial charge in [0.05, 0.1) is 5.41 Å². The number of esters is 2. The van der Waals surface area contributed by atoms with Gasteiger partial charge in [0.15, 0.2) is 0 Å². The molecule has 0 heterocycles. The van der Waals surface area contributed by atoms with Crippen molar-refractivity contribution in [3.8, 4) is 0 Å². The summed E-state index contributed by atoms with van der Waals surface area (Å²) in [5.74, 6) is -0.896. The smallest absolute Gasteiger partial charge is 0.407 e. The van der Waals surface area contributed by atoms with Gasteiger partial charge in [0.25, 0.3) is 0 Å². The highest BCUT2D eigenvalue weighted by Gasteiger charge is 2.33. The van der Waals surface area contributed by atoms with Crippen LogP contribution in [0.4, 0.5) is 4.79 Å². The van der Waals surface area contributed by atoms with Crippen LogP contribution < -0.4 is 5.32 Å². The number of carbonyl (C=O) groups excluding carboxylic acids is 4. The van der Waals surface area contributed by atoms with Crippen molar-refractivity contribution in [3.63, 3.8) is 0 Å². The average Bonchev–Trinajstić information content (AvgIpc) is 3.11. The van der Waals surface area contributed by atoms with Crippen molar-refractivity contribution in [2.24, 2.45) is 5.41 Å². The van der Waals surface area contributed by atoms with Gasteiger partial charge in [-0.05, 0) is 47.9 Å². The third-order valence-electron chi connectivity index (χ3n) is 6.07. The Balaban J connectivity index is -0.000000385. The van der Waals surface area contributed by atoms with Crippen LogP contribution in [0.1, 0.15) is 97.9 Å². The molecule has 0 aliphatic rings. The second-order valence-corrected chi connectivity index (χ2v) is 9.04. The number of carbonyl (C=O) groups is 4. The maximum atomic E-state index is 12.1. The Labute approximate surface area is 273 Å². The Bertz CT molecular complexity index is 984. The molecular weight excluding hydrogens is 570 g/mol. The fraction of sp³-hybridized carbons (Fsp3) is 0.514. The maximum absolute atomic E-state index is 12.1. The molecule has 2 aromatic carbocycles. The molecule has 0 radical (unpaired) electrons. The zero-order chi connectivity index (χ0) is 35.7. The van der Waals surface area contributed by atoms with E-state index in [-0.39, 0.29) is 19.8 Å². The first-order valence-corrected chi connectivity index (χ1v) is 15.8. The van der Waals surface area contributed by atoms with E-state index in [1.807, 2.05) is 65.7 Å². The van der Waals surface area contributed by atoms with E-state index in [9.17, 15) is 14.4 Å². The number of hydrogen-bond donors (Lipinski definition) is 1. The Morgan fingerprint density at radius 2 is 0.978 bits per heavy atom. The molecule has 256 valence electrons. The highest BCUT2D eigenvalue weighted by atomic mass is 16.6. The fourth-order valence-corrected chi connectivity index (χ4v) is 3.41. The van der Waals surface area contributed by atoms with Crippen molar-refractivity contribution in [2.45, 2.75) is 101 Å². The molecule has 2 rings (SSSR count). The second-order valence-electron chi connectivity index (χ2n) is 9.04. The Morgan fingerprint density at radius 1 is 0.644 bits per heavy atom. The van der Waals surface area contributed by atoms with Gasteiger partial charge in [-0.25, -0.2) is 4.79 Å². The zero-order valence-corrected chi connectivity index (χ0v) is 29.8. The molecule has 0 spiro atoms. The van der Waals surface area contributed by atoms with E-state index in [1.165, 1.54) is 30.5 Å². The van der Waals surface area contributed by atoms with Gasteiger partial charge in [-0.2, -0.15) is 0 Å². The van der Waals surface area contributed by atoms with E-state index in [1.54, 1.807) is 0 Å². The SMILES string of the molecule is C=C.C=O.CC.CC.CCc1cccc(CC)c1.CCc1cccc(CNC(=O)OCC(CC)(COC(C)=O)COC(C)=O)c1. The third kappa shape index (κ3) is 25.1. The van der Waals surface area contributed by atoms with E-state index in [0.29, 0.717) is 13.0 Å². The number of ether oxygens (including phenoxy) is 3. The Hall–Kier alpha value is -3.94. The summed E-state index contributed by atoms with van der Waals surface area (Å²) in [6.07, 6.45) is 3.13. The van der Waals surface area contributed by atoms with Gasteiger partial charge in [-0.1, -0.05) is 104 Å². The lowest BCUT2D eigenvalue weighted by Crippen LogP contribution is -2.40. The maximum Gasteiger partial charge on any atom is 0.407 e. The normalized spacial score (nSPS) is 9.11. The molecule has 0 aliphatic carbocycles. The van der Waals surface area contributed by atoms with Gasteiger partial charge >= 0.3 is 18.0 Å². The molecule has 0 unspecified atom stereocenters. The summed E-state index contributed by atoms with van der Waals surface area (Å²) >= 11 is 0. The third-order valence-corrected chi connectivity index (χ3v) is 6.07. The summed E-state index contributed by atoms with van der Waals surface area (Å²) in [6.45, 7) is 27.2. The molecule has 0 aromatic heterocycles. The van der Waals surface area contributed by atoms with Gasteiger partial charge in [0.2, 0.25) is 0 Å². The summed E-state index contributed by atoms with van der Waals surface area (Å²) in [4.78, 5) is 42.3. The van der Waals surface area contributed by atoms with E-state index in [4.69, 9.17) is 19.0 Å². The number of alkyl carbamates (subject to hydrolysis) is 1. The first kappa shape index (κ1) is 48.0. The van der Waals surface area contributed by atoms with Crippen LogP contribution in [0.2, 0.25) is 0 Å². The van der Waals surface area contributed by atoms with Gasteiger partial charge in [0.1, 0.15) is 26.6 Å². The highest BCUT2D eigenvalue weighted by molar-refractivity contribution is 5.67. The summed E-state index contributed by atoms with van der Waals surface area (Å²) in [5, 5.41) is 2.70. The molecule has 45 heavy (non-hydrogen) atoms. The minimum absolute atomic E-state index is 0.00205. The average molecular weight is 632 g/mol. The lowest BCUT2D eigenvalue weighted by Gasteiger charge is -2.30. The molecule has 0 saturated heterocycles. The van der Waals surface area contributed by atoms with Gasteiger partial charge in [-0.3, -0.25) is 9.59 Å². The van der Waals surface area contributed by atoms with Crippen molar-refractivity contribution in [3.05, 3.63) is 83.9 Å². The Kier molecular flexibility index (Phi) is 35.1. The minimum Gasteiger partial charge on any atom is -0.465 e. The molecule has 8 heteroatoms. The van der Waals surface area contributed by atoms with E-state index in [0.717, 1.165) is 24.8 Å². The molecule has 0 aliphatic heterocycles. The molecular formula is C37H61NO7. The molecule has 0 bridgehead atoms. The molecule has 0 atom stereocenters. The first-order chi connectivity index (χ1) is 21.7. The summed E-state index contributed by atoms with van der Waals surface area (Å²) < 4.78 is 15.5. The van der Waals surface area contributed by atoms with Crippen molar-refractivity contribution in [1.82, 2.24) is 5.32 Å². The van der Waals surface area contributed by atoms with Gasteiger partial charge < -0.3 is 24.3 Å². The van der Waals surface area contributed by atoms with E-state index >= 15 is 0 Å². The second kappa shape index (κ2) is 33.0. The predicted molar refractivity (Wildman–Crippen MR) is 186 cm³/mol. The topological polar surface area (TPSA) is 108 Å². The van der Waals surface area contributed by atoms with Crippen molar-refractivity contribution in [2.75, 3.05) is 19.8 Å². The van der Waals surface area contributed by atoms with Crippen LogP contribution in [-0.4, -0.2) is 44.6 Å². The number of amides is 1. The highest BCUT2D eigenvalue weighted by Crippen LogP contribution is 2.24. The first-order valence-electron chi connectivity index (χ1n) is 15.8. The largest absolute Gasteiger partial charge is 0.465 e. The van der Waals surface area contributed by atoms with Crippen LogP contribution in [0.15, 0.2) is 61.7 Å². The molecule has 2 aromatic rings. The van der Waals surface area contributed by atoms with Crippen LogP contribution in [0.5, 0.6) is 0 Å². The van der Waals surface area contributed by atoms with Crippen molar-refractivity contribution < 1.29 is 33.4 Å². The number of hydrogen-bond acceptors (Lipinski definition) is 7. The molecule has 1 amide bonds. The lowest BCUT2D eigenvalue weighted by molar-refractivity contribution is -0.153. The van der Waals surface area contributed by atoms with Crippen LogP contribution in [0.25, 0.3) is 0 Å². The summed E-state index contributed by atoms with van der Waals surface area (Å²) in [5.41, 5.74) is 4.28. The van der Waals surface area contributed by atoms with E-state index < -0.39 is 23.4 Å². The molecule has 0 fully saturated rings.